The topological polar surface area (TPSA) is 720 Å². The lowest BCUT2D eigenvalue weighted by molar-refractivity contribution is -0.142. The number of benzene rings is 6. The van der Waals surface area contributed by atoms with Crippen LogP contribution in [0.3, 0.4) is 0 Å². The second kappa shape index (κ2) is 62.5. The van der Waals surface area contributed by atoms with Crippen molar-refractivity contribution in [1.29, 1.82) is 0 Å². The van der Waals surface area contributed by atoms with Crippen LogP contribution >= 0.6 is 67.6 Å². The number of nitrogens with zero attached hydrogens (tertiary/aromatic N) is 4. The van der Waals surface area contributed by atoms with Crippen LogP contribution in [0, 0.1) is 7.14 Å². The standard InChI is InChI=1S/C41H55IN12O8.C37H48IN9O6.C4H9N3O3.C2H7NO.CHBIO2/c1-46-41(45)48-16-5-9-28-37(59)53-29(19-23-11-13-25-7-3-4-8-26(25)17-23)36(58)49-22-34(57)51-30(20-24-12-14-32(55)27(42)18-24)40(62)54(2)31(38(60)52-28)10-6-15-47-33(56)21-50-39(61)35(43)44;1-41-37(40)42-16-6-9-27-34(51)46-28(19-22-11-13-24-7-3-4-8-25(24)17-22)33(50)43-21-32(49)44-29(20-23-12-14-31(48)26(38)18-23)36(53)47(2)30(10-5-15-39)35(52)45-27;5-3(6)4(9)7-1-10-2-8;1-4-2-3;3-2-5-1-4/h3-4,7-8,11-14,17-18,28-31,35,55H,5-6,9-10,15-16,19-22,43-44H2,1-2H3,(H,47,56)(H,49,58)(H,50,61)(H,51,57)(H,52,60)(H,53,59)(H3,45,46,48);3-4,7-8,11-14,17-18,27-30,48H,5-6,9-10,15-16,19-21,39H2,1-2H3,(H,43,50)(H,44,49)(H,45,52)(H,46,51)(H3,40,41,42);2-3H,1,5-6H2,(H,7,9);2-3H2,1H3;1H/t28-,29-,30+,31+;27-,28-,29+,30+;;;/m00.../s1. The summed E-state index contributed by atoms with van der Waals surface area (Å²) in [6.45, 7) is 0.189. The monoisotopic (exact) mass is 2200 g/mol. The van der Waals surface area contributed by atoms with Gasteiger partial charge in [-0.2, -0.15) is 0 Å². The largest absolute Gasteiger partial charge is 0.529 e. The van der Waals surface area contributed by atoms with Gasteiger partial charge in [0.1, 0.15) is 72.2 Å². The molecule has 2 aliphatic rings. The number of carbonyl (C=O) groups is 15. The number of nitrogens with two attached hydrogens (primary N) is 8. The van der Waals surface area contributed by atoms with Crippen LogP contribution < -0.4 is 115 Å². The summed E-state index contributed by atoms with van der Waals surface area (Å²) in [4.78, 5) is 203. The van der Waals surface area contributed by atoms with Gasteiger partial charge in [0, 0.05) is 80.6 Å². The Balaban J connectivity index is 0.000000471. The number of phenols is 2. The van der Waals surface area contributed by atoms with Gasteiger partial charge in [-0.3, -0.25) is 81.9 Å². The Hall–Kier alpha value is -12.0. The van der Waals surface area contributed by atoms with Gasteiger partial charge in [0.05, 0.1) is 33.5 Å². The Morgan fingerprint density at radius 2 is 0.866 bits per heavy atom. The smallest absolute Gasteiger partial charge is 0.455 e. The molecule has 45 nitrogen and oxygen atoms in total. The lowest BCUT2D eigenvalue weighted by Gasteiger charge is -2.32. The molecule has 0 spiro atoms. The van der Waals surface area contributed by atoms with Crippen molar-refractivity contribution in [2.24, 2.45) is 55.9 Å². The molecule has 2 fully saturated rings. The number of carbonyl (C=O) groups excluding carboxylic acids is 15. The highest BCUT2D eigenvalue weighted by molar-refractivity contribution is 14.1. The van der Waals surface area contributed by atoms with Crippen molar-refractivity contribution in [2.75, 3.05) is 94.6 Å². The van der Waals surface area contributed by atoms with Crippen molar-refractivity contribution in [3.63, 3.8) is 0 Å². The van der Waals surface area contributed by atoms with Gasteiger partial charge in [-0.15, -0.1) is 0 Å². The van der Waals surface area contributed by atoms with Crippen molar-refractivity contribution >= 4 is 196 Å². The number of nitrogens with one attached hydrogen (secondary N) is 13. The molecule has 6 aromatic carbocycles. The molecule has 2 saturated heterocycles. The van der Waals surface area contributed by atoms with Gasteiger partial charge < -0.3 is 149 Å². The van der Waals surface area contributed by atoms with Crippen molar-refractivity contribution in [1.82, 2.24) is 78.9 Å². The average molecular weight is 2200 g/mol. The molecule has 31 N–H and O–H groups in total. The first-order valence-corrected chi connectivity index (χ1v) is 45.4. The van der Waals surface area contributed by atoms with Gasteiger partial charge in [-0.05, 0) is 171 Å². The average Bonchev–Trinajstić information content (AvgIpc) is 1.25. The predicted molar refractivity (Wildman–Crippen MR) is 526 cm³/mol. The van der Waals surface area contributed by atoms with Gasteiger partial charge in [-0.1, -0.05) is 119 Å². The van der Waals surface area contributed by atoms with Crippen LogP contribution in [0.5, 0.6) is 11.5 Å². The molecule has 2 aliphatic heterocycles. The first-order chi connectivity index (χ1) is 64.0. The van der Waals surface area contributed by atoms with Crippen molar-refractivity contribution in [3.05, 3.63) is 151 Å². The van der Waals surface area contributed by atoms with E-state index in [0.29, 0.717) is 57.3 Å². The van der Waals surface area contributed by atoms with Crippen LogP contribution in [-0.2, 0) is 112 Å². The zero-order valence-electron chi connectivity index (χ0n) is 74.7. The molecular weight excluding hydrogens is 2080 g/mol. The number of halogens is 3. The number of likely N-dealkylation sites (N-methyl/N-ethyl adjacent to an activating group) is 2. The number of phenolic OH excluding ortho intramolecular Hbond substituents is 2. The lowest BCUT2D eigenvalue weighted by Crippen LogP contribution is -2.58. The first kappa shape index (κ1) is 114. The number of guanidine groups is 2. The number of methoxy groups -OCH3 is 1. The second-order valence-electron chi connectivity index (χ2n) is 29.9. The molecule has 1 radical (unpaired) electrons. The van der Waals surface area contributed by atoms with E-state index in [1.807, 2.05) is 152 Å². The minimum atomic E-state index is -1.31. The molecule has 8 rings (SSSR count). The Morgan fingerprint density at radius 3 is 1.24 bits per heavy atom. The fraction of sp³-hybridized carbons (Fsp3) is 0.424. The molecule has 0 saturated carbocycles. The Morgan fingerprint density at radius 1 is 0.493 bits per heavy atom. The number of ether oxygens (including phenoxy) is 2. The number of fused-ring (bicyclic) bond motifs is 2. The highest BCUT2D eigenvalue weighted by Crippen LogP contribution is 2.25. The summed E-state index contributed by atoms with van der Waals surface area (Å²) in [5.74, 6) is -7.85. The number of hydrogen-bond acceptors (Lipinski definition) is 28. The minimum Gasteiger partial charge on any atom is -0.529 e. The van der Waals surface area contributed by atoms with Crippen molar-refractivity contribution in [3.8, 4) is 11.5 Å². The normalized spacial score (nSPS) is 18.4. The molecule has 0 aromatic heterocycles. The van der Waals surface area contributed by atoms with E-state index in [1.54, 1.807) is 31.4 Å². The van der Waals surface area contributed by atoms with Gasteiger partial charge in [0.2, 0.25) is 65.0 Å². The maximum atomic E-state index is 14.4. The molecule has 0 aliphatic carbocycles. The first-order valence-electron chi connectivity index (χ1n) is 42.0. The number of aromatic hydroxyl groups is 2. The maximum Gasteiger partial charge on any atom is 0.455 e. The van der Waals surface area contributed by atoms with Crippen molar-refractivity contribution < 1.29 is 96.3 Å². The molecule has 8 atom stereocenters. The highest BCUT2D eigenvalue weighted by atomic mass is 127. The van der Waals surface area contributed by atoms with Gasteiger partial charge >= 0.3 is 5.34 Å². The maximum absolute atomic E-state index is 14.4. The Kier molecular flexibility index (Phi) is 53.3. The number of amides is 13. The van der Waals surface area contributed by atoms with Crippen LogP contribution in [0.1, 0.15) is 73.6 Å². The van der Waals surface area contributed by atoms with Crippen molar-refractivity contribution in [2.45, 2.75) is 138 Å². The molecule has 729 valence electrons. The quantitative estimate of drug-likeness (QED) is 0.00351. The van der Waals surface area contributed by atoms with E-state index >= 15 is 0 Å². The third-order valence-corrected chi connectivity index (χ3v) is 22.1. The summed E-state index contributed by atoms with van der Waals surface area (Å²) < 4.78 is 13.5. The molecule has 134 heavy (non-hydrogen) atoms. The van der Waals surface area contributed by atoms with Crippen LogP contribution in [0.15, 0.2) is 131 Å². The zero-order valence-corrected chi connectivity index (χ0v) is 81.2. The van der Waals surface area contributed by atoms with Crippen LogP contribution in [0.2, 0.25) is 0 Å². The number of hydrogen-bond donors (Lipinski definition) is 23. The third kappa shape index (κ3) is 41.6. The SMILES string of the molecule is CN=C(N)NCCC[C@@H]1NC(=O)[C@@H](CCCN)N(C)C(=O)[C@@H](Cc2ccc(O)c(I)c2)NC(=O)CNC(=O)[C@H](Cc2ccc3ccccc3c2)NC1=O.CN=C(N)NCCC[C@@H]1NC(=O)[C@@H](CCCNC(=O)CNC(=O)C(N)N)N(C)C(=O)[C@@H](Cc2ccc(O)c(I)c2)NC(=O)CNC(=O)[C@H](Cc2ccc3ccccc3c2)NC1=O.COCN.NC(N)C(=O)NCOC=O.O=CO[B]I. The summed E-state index contributed by atoms with van der Waals surface area (Å²) >= 11 is 5.71. The highest BCUT2D eigenvalue weighted by Gasteiger charge is 2.39. The Labute approximate surface area is 815 Å². The number of rotatable bonds is 33. The number of aliphatic imine (C=N–C) groups is 2. The summed E-state index contributed by atoms with van der Waals surface area (Å²) in [6.07, 6.45) is -0.594. The summed E-state index contributed by atoms with van der Waals surface area (Å²) in [5.41, 5.74) is 45.5. The molecule has 13 amide bonds. The zero-order chi connectivity index (χ0) is 99.4. The van der Waals surface area contributed by atoms with E-state index < -0.39 is 157 Å². The van der Waals surface area contributed by atoms with E-state index in [-0.39, 0.29) is 114 Å². The molecule has 0 unspecified atom stereocenters. The van der Waals surface area contributed by atoms with E-state index in [9.17, 15) is 77.3 Å². The lowest BCUT2D eigenvalue weighted by atomic mass is 10.00. The summed E-state index contributed by atoms with van der Waals surface area (Å²) in [6, 6.07) is 27.0. The molecule has 2 heterocycles. The van der Waals surface area contributed by atoms with Gasteiger partial charge in [0.25, 0.3) is 24.8 Å². The molecule has 0 bridgehead atoms. The van der Waals surface area contributed by atoms with E-state index in [4.69, 9.17) is 50.7 Å². The van der Waals surface area contributed by atoms with Crippen LogP contribution in [0.4, 0.5) is 0 Å². The van der Waals surface area contributed by atoms with Gasteiger partial charge in [-0.25, -0.2) is 0 Å². The predicted octanol–water partition coefficient (Wildman–Crippen LogP) is -4.53. The van der Waals surface area contributed by atoms with E-state index in [1.165, 1.54) is 55.5 Å². The molecule has 49 heteroatoms. The van der Waals surface area contributed by atoms with E-state index in [2.05, 4.69) is 93.2 Å². The Bertz CT molecular complexity index is 4970. The van der Waals surface area contributed by atoms with Crippen LogP contribution in [-0.4, -0.2) is 282 Å². The fourth-order valence-corrected chi connectivity index (χ4v) is 14.3. The van der Waals surface area contributed by atoms with E-state index in [0.717, 1.165) is 32.7 Å². The summed E-state index contributed by atoms with van der Waals surface area (Å²) in [5, 5.41) is 60.2. The third-order valence-electron chi connectivity index (χ3n) is 20.1. The van der Waals surface area contributed by atoms with Gasteiger partial charge in [0.15, 0.2) is 18.6 Å². The minimum absolute atomic E-state index is 0.0177. The molecule has 6 aromatic rings. The second-order valence-corrected chi connectivity index (χ2v) is 32.7. The molecular formula is C85H120BI3N25O20. The fourth-order valence-electron chi connectivity index (χ4n) is 13.0. The van der Waals surface area contributed by atoms with Crippen LogP contribution in [0.25, 0.3) is 21.5 Å². The summed E-state index contributed by atoms with van der Waals surface area (Å²) in [7, 11) is 7.46.